The van der Waals surface area contributed by atoms with E-state index in [-0.39, 0.29) is 11.1 Å². The molecule has 0 unspecified atom stereocenters. The molecular weight excluding hydrogens is 416 g/mol. The van der Waals surface area contributed by atoms with E-state index in [1.165, 1.54) is 6.07 Å². The van der Waals surface area contributed by atoms with Gasteiger partial charge < -0.3 is 9.26 Å². The minimum absolute atomic E-state index is 0.0717. The summed E-state index contributed by atoms with van der Waals surface area (Å²) in [6.45, 7) is 6.51. The number of aromatic nitrogens is 3. The van der Waals surface area contributed by atoms with Gasteiger partial charge in [0.25, 0.3) is 0 Å². The molecule has 0 N–H and O–H groups in total. The Morgan fingerprint density at radius 3 is 2.45 bits per heavy atom. The lowest BCUT2D eigenvalue weighted by atomic mass is 10.1. The van der Waals surface area contributed by atoms with Crippen molar-refractivity contribution < 1.29 is 17.7 Å². The van der Waals surface area contributed by atoms with E-state index in [1.807, 2.05) is 24.3 Å². The molecule has 9 heteroatoms. The molecule has 0 saturated carbocycles. The van der Waals surface area contributed by atoms with Crippen LogP contribution in [0, 0.1) is 5.92 Å². The van der Waals surface area contributed by atoms with Crippen molar-refractivity contribution >= 4 is 9.84 Å². The van der Waals surface area contributed by atoms with E-state index in [9.17, 15) is 8.42 Å². The van der Waals surface area contributed by atoms with Gasteiger partial charge in [-0.15, -0.1) is 0 Å². The molecule has 0 spiro atoms. The monoisotopic (exact) mass is 442 g/mol. The summed E-state index contributed by atoms with van der Waals surface area (Å²) >= 11 is 0. The van der Waals surface area contributed by atoms with Crippen LogP contribution in [0.15, 0.2) is 52.1 Å². The molecule has 0 atom stereocenters. The van der Waals surface area contributed by atoms with Gasteiger partial charge in [0.15, 0.2) is 20.7 Å². The van der Waals surface area contributed by atoms with Gasteiger partial charge in [-0.3, -0.25) is 4.90 Å². The minimum Gasteiger partial charge on any atom is -0.488 e. The highest BCUT2D eigenvalue weighted by molar-refractivity contribution is 7.90. The van der Waals surface area contributed by atoms with Crippen molar-refractivity contribution in [3.8, 4) is 16.9 Å². The van der Waals surface area contributed by atoms with Crippen molar-refractivity contribution in [1.82, 2.24) is 20.0 Å². The fourth-order valence-corrected chi connectivity index (χ4v) is 3.97. The Morgan fingerprint density at radius 2 is 1.84 bits per heavy atom. The Hall–Kier alpha value is -2.78. The Kier molecular flexibility index (Phi) is 6.06. The third kappa shape index (κ3) is 5.48. The molecule has 31 heavy (non-hydrogen) atoms. The van der Waals surface area contributed by atoms with Crippen LogP contribution in [0.25, 0.3) is 11.1 Å². The van der Waals surface area contributed by atoms with Crippen LogP contribution in [0.5, 0.6) is 5.75 Å². The number of hydrogen-bond acceptors (Lipinski definition) is 8. The third-order valence-corrected chi connectivity index (χ3v) is 5.99. The lowest BCUT2D eigenvalue weighted by Crippen LogP contribution is -2.53. The SMILES string of the molecule is CC(C)Cc1noc(CN2CC(Oc3ccc(-c4ccc(S(C)(=O)=O)nc4)cc3)C2)n1. The molecule has 8 nitrogen and oxygen atoms in total. The number of rotatable bonds is 8. The van der Waals surface area contributed by atoms with Gasteiger partial charge in [0, 0.05) is 37.5 Å². The molecule has 0 amide bonds. The fraction of sp³-hybridized carbons (Fsp3) is 0.409. The highest BCUT2D eigenvalue weighted by Gasteiger charge is 2.29. The molecule has 1 aliphatic heterocycles. The van der Waals surface area contributed by atoms with Gasteiger partial charge in [0.2, 0.25) is 5.89 Å². The van der Waals surface area contributed by atoms with Crippen LogP contribution >= 0.6 is 0 Å². The third-order valence-electron chi connectivity index (χ3n) is 4.99. The Bertz CT molecular complexity index is 1120. The molecular formula is C22H26N4O4S. The minimum atomic E-state index is -3.30. The molecule has 4 rings (SSSR count). The van der Waals surface area contributed by atoms with Crippen molar-refractivity contribution in [3.63, 3.8) is 0 Å². The van der Waals surface area contributed by atoms with Crippen LogP contribution in [0.3, 0.4) is 0 Å². The van der Waals surface area contributed by atoms with E-state index < -0.39 is 9.84 Å². The summed E-state index contributed by atoms with van der Waals surface area (Å²) in [7, 11) is -3.30. The predicted octanol–water partition coefficient (Wildman–Crippen LogP) is 3.00. The maximum atomic E-state index is 11.5. The van der Waals surface area contributed by atoms with E-state index in [2.05, 4.69) is 33.9 Å². The molecule has 1 saturated heterocycles. The van der Waals surface area contributed by atoms with E-state index in [0.717, 1.165) is 48.5 Å². The number of benzene rings is 1. The smallest absolute Gasteiger partial charge is 0.240 e. The summed E-state index contributed by atoms with van der Waals surface area (Å²) in [6, 6.07) is 11.0. The number of hydrogen-bond donors (Lipinski definition) is 0. The number of nitrogens with zero attached hydrogens (tertiary/aromatic N) is 4. The number of sulfone groups is 1. The van der Waals surface area contributed by atoms with Gasteiger partial charge in [0.1, 0.15) is 11.9 Å². The molecule has 2 aromatic heterocycles. The van der Waals surface area contributed by atoms with Crippen molar-refractivity contribution in [2.75, 3.05) is 19.3 Å². The van der Waals surface area contributed by atoms with Gasteiger partial charge in [-0.1, -0.05) is 31.1 Å². The zero-order valence-corrected chi connectivity index (χ0v) is 18.7. The first-order valence-electron chi connectivity index (χ1n) is 10.2. The number of pyridine rings is 1. The predicted molar refractivity (Wildman–Crippen MR) is 115 cm³/mol. The second kappa shape index (κ2) is 8.76. The summed E-state index contributed by atoms with van der Waals surface area (Å²) in [6.07, 6.45) is 3.66. The van der Waals surface area contributed by atoms with E-state index in [0.29, 0.717) is 18.4 Å². The first kappa shape index (κ1) is 21.5. The van der Waals surface area contributed by atoms with Crippen LogP contribution in [-0.2, 0) is 22.8 Å². The van der Waals surface area contributed by atoms with Crippen LogP contribution < -0.4 is 4.74 Å². The van der Waals surface area contributed by atoms with E-state index in [4.69, 9.17) is 9.26 Å². The lowest BCUT2D eigenvalue weighted by molar-refractivity contribution is 0.00864. The van der Waals surface area contributed by atoms with Gasteiger partial charge in [0.05, 0.1) is 6.54 Å². The van der Waals surface area contributed by atoms with Crippen LogP contribution in [0.2, 0.25) is 0 Å². The van der Waals surface area contributed by atoms with Gasteiger partial charge in [-0.2, -0.15) is 4.98 Å². The quantitative estimate of drug-likeness (QED) is 0.525. The van der Waals surface area contributed by atoms with Crippen LogP contribution in [0.1, 0.15) is 25.6 Å². The lowest BCUT2D eigenvalue weighted by Gasteiger charge is -2.38. The molecule has 0 bridgehead atoms. The van der Waals surface area contributed by atoms with Crippen molar-refractivity contribution in [3.05, 3.63) is 54.3 Å². The molecule has 3 aromatic rings. The summed E-state index contributed by atoms with van der Waals surface area (Å²) in [5.74, 6) is 2.71. The molecule has 164 valence electrons. The molecule has 1 aromatic carbocycles. The van der Waals surface area contributed by atoms with Crippen molar-refractivity contribution in [1.29, 1.82) is 0 Å². The zero-order valence-electron chi connectivity index (χ0n) is 17.9. The molecule has 0 aliphatic carbocycles. The molecule has 3 heterocycles. The van der Waals surface area contributed by atoms with Gasteiger partial charge in [-0.25, -0.2) is 13.4 Å². The van der Waals surface area contributed by atoms with Crippen molar-refractivity contribution in [2.24, 2.45) is 5.92 Å². The largest absolute Gasteiger partial charge is 0.488 e. The zero-order chi connectivity index (χ0) is 22.0. The van der Waals surface area contributed by atoms with E-state index in [1.54, 1.807) is 12.3 Å². The summed E-state index contributed by atoms with van der Waals surface area (Å²) < 4.78 is 34.4. The summed E-state index contributed by atoms with van der Waals surface area (Å²) in [4.78, 5) is 10.7. The summed E-state index contributed by atoms with van der Waals surface area (Å²) in [5, 5.41) is 4.10. The van der Waals surface area contributed by atoms with Crippen LogP contribution in [-0.4, -0.2) is 53.9 Å². The molecule has 1 fully saturated rings. The second-order valence-corrected chi connectivity index (χ2v) is 10.3. The number of ether oxygens (including phenoxy) is 1. The second-order valence-electron chi connectivity index (χ2n) is 8.32. The fourth-order valence-electron chi connectivity index (χ4n) is 3.41. The van der Waals surface area contributed by atoms with Gasteiger partial charge >= 0.3 is 0 Å². The highest BCUT2D eigenvalue weighted by atomic mass is 32.2. The normalized spacial score (nSPS) is 15.2. The Balaban J connectivity index is 1.27. The average molecular weight is 443 g/mol. The van der Waals surface area contributed by atoms with Crippen LogP contribution in [0.4, 0.5) is 0 Å². The maximum absolute atomic E-state index is 11.5. The first-order chi connectivity index (χ1) is 14.8. The number of likely N-dealkylation sites (tertiary alicyclic amines) is 1. The maximum Gasteiger partial charge on any atom is 0.240 e. The molecule has 0 radical (unpaired) electrons. The van der Waals surface area contributed by atoms with Crippen molar-refractivity contribution in [2.45, 2.75) is 37.9 Å². The Labute approximate surface area is 182 Å². The highest BCUT2D eigenvalue weighted by Crippen LogP contribution is 2.25. The molecule has 1 aliphatic rings. The standard InChI is InChI=1S/C22H26N4O4S/c1-15(2)10-20-24-21(30-25-20)14-26-12-19(13-26)29-18-7-4-16(5-8-18)17-6-9-22(23-11-17)31(3,27)28/h4-9,11,15,19H,10,12-14H2,1-3H3. The average Bonchev–Trinajstić information content (AvgIpc) is 3.12. The topological polar surface area (TPSA) is 98.4 Å². The Morgan fingerprint density at radius 1 is 1.13 bits per heavy atom. The van der Waals surface area contributed by atoms with Gasteiger partial charge in [-0.05, 0) is 35.7 Å². The summed E-state index contributed by atoms with van der Waals surface area (Å²) in [5.41, 5.74) is 1.80. The first-order valence-corrected chi connectivity index (χ1v) is 12.1. The van der Waals surface area contributed by atoms with E-state index >= 15 is 0 Å².